The molecule has 0 aliphatic heterocycles. The first-order valence-electron chi connectivity index (χ1n) is 5.43. The summed E-state index contributed by atoms with van der Waals surface area (Å²) in [5, 5.41) is 2.75. The molecule has 0 N–H and O–H groups in total. The Morgan fingerprint density at radius 3 is 2.83 bits per heavy atom. The normalized spacial score (nSPS) is 11.0. The van der Waals surface area contributed by atoms with E-state index >= 15 is 0 Å². The molecule has 0 aliphatic carbocycles. The van der Waals surface area contributed by atoms with Gasteiger partial charge in [0.15, 0.2) is 5.16 Å². The molecule has 3 rings (SSSR count). The average molecular weight is 276 g/mol. The Morgan fingerprint density at radius 1 is 1.17 bits per heavy atom. The van der Waals surface area contributed by atoms with Gasteiger partial charge in [0.1, 0.15) is 0 Å². The van der Waals surface area contributed by atoms with Gasteiger partial charge in [-0.15, -0.1) is 0 Å². The summed E-state index contributed by atoms with van der Waals surface area (Å²) in [5.74, 6) is 0. The molecule has 2 heterocycles. The standard InChI is InChI=1S/C13H10ClN3S/c1-17-7-6-16-13(17)18-12-4-5-15-11-8-9(14)2-3-10(11)12/h2-8H,1H3. The van der Waals surface area contributed by atoms with E-state index in [-0.39, 0.29) is 0 Å². The number of benzene rings is 1. The van der Waals surface area contributed by atoms with E-state index < -0.39 is 0 Å². The van der Waals surface area contributed by atoms with E-state index in [2.05, 4.69) is 9.97 Å². The zero-order valence-electron chi connectivity index (χ0n) is 9.67. The molecule has 3 nitrogen and oxygen atoms in total. The lowest BCUT2D eigenvalue weighted by Gasteiger charge is -2.05. The van der Waals surface area contributed by atoms with Crippen molar-refractivity contribution in [3.8, 4) is 0 Å². The van der Waals surface area contributed by atoms with Gasteiger partial charge in [-0.1, -0.05) is 29.4 Å². The Kier molecular flexibility index (Phi) is 2.97. The zero-order chi connectivity index (χ0) is 12.5. The smallest absolute Gasteiger partial charge is 0.172 e. The highest BCUT2D eigenvalue weighted by atomic mass is 35.5. The molecule has 0 saturated carbocycles. The van der Waals surface area contributed by atoms with Gasteiger partial charge >= 0.3 is 0 Å². The lowest BCUT2D eigenvalue weighted by molar-refractivity contribution is 0.790. The summed E-state index contributed by atoms with van der Waals surface area (Å²) in [6.45, 7) is 0. The van der Waals surface area contributed by atoms with Crippen molar-refractivity contribution in [3.05, 3.63) is 47.9 Å². The summed E-state index contributed by atoms with van der Waals surface area (Å²) < 4.78 is 1.99. The van der Waals surface area contributed by atoms with E-state index in [0.717, 1.165) is 21.0 Å². The summed E-state index contributed by atoms with van der Waals surface area (Å²) in [6.07, 6.45) is 5.52. The minimum atomic E-state index is 0.703. The Hall–Kier alpha value is -1.52. The van der Waals surface area contributed by atoms with Gasteiger partial charge in [-0.25, -0.2) is 4.98 Å². The lowest BCUT2D eigenvalue weighted by Crippen LogP contribution is -1.89. The largest absolute Gasteiger partial charge is 0.329 e. The van der Waals surface area contributed by atoms with Crippen molar-refractivity contribution < 1.29 is 0 Å². The Bertz CT molecular complexity index is 708. The fraction of sp³-hybridized carbons (Fsp3) is 0.0769. The maximum atomic E-state index is 5.98. The summed E-state index contributed by atoms with van der Waals surface area (Å²) in [7, 11) is 1.98. The number of fused-ring (bicyclic) bond motifs is 1. The Labute approximate surface area is 114 Å². The first kappa shape index (κ1) is 11.6. The monoisotopic (exact) mass is 275 g/mol. The Morgan fingerprint density at radius 2 is 2.06 bits per heavy atom. The number of rotatable bonds is 2. The van der Waals surface area contributed by atoms with Gasteiger partial charge in [0, 0.05) is 40.9 Å². The van der Waals surface area contributed by atoms with Gasteiger partial charge in [0.25, 0.3) is 0 Å². The van der Waals surface area contributed by atoms with Crippen LogP contribution in [0.1, 0.15) is 0 Å². The zero-order valence-corrected chi connectivity index (χ0v) is 11.2. The summed E-state index contributed by atoms with van der Waals surface area (Å²) in [4.78, 5) is 9.77. The van der Waals surface area contributed by atoms with Crippen LogP contribution in [0, 0.1) is 0 Å². The maximum Gasteiger partial charge on any atom is 0.172 e. The fourth-order valence-corrected chi connectivity index (χ4v) is 2.83. The quantitative estimate of drug-likeness (QED) is 0.713. The molecule has 0 fully saturated rings. The second kappa shape index (κ2) is 4.63. The van der Waals surface area contributed by atoms with Gasteiger partial charge in [0.2, 0.25) is 0 Å². The van der Waals surface area contributed by atoms with Crippen LogP contribution < -0.4 is 0 Å². The van der Waals surface area contributed by atoms with Crippen LogP contribution in [-0.4, -0.2) is 14.5 Å². The summed E-state index contributed by atoms with van der Waals surface area (Å²) in [6, 6.07) is 7.75. The third-order valence-corrected chi connectivity index (χ3v) is 4.03. The van der Waals surface area contributed by atoms with Crippen LogP contribution in [-0.2, 0) is 7.05 Å². The lowest BCUT2D eigenvalue weighted by atomic mass is 10.2. The number of aromatic nitrogens is 3. The van der Waals surface area contributed by atoms with E-state index in [0.29, 0.717) is 5.02 Å². The van der Waals surface area contributed by atoms with Gasteiger partial charge < -0.3 is 4.57 Å². The minimum Gasteiger partial charge on any atom is -0.329 e. The molecule has 0 atom stereocenters. The molecular formula is C13H10ClN3S. The van der Waals surface area contributed by atoms with E-state index in [1.807, 2.05) is 42.1 Å². The van der Waals surface area contributed by atoms with Crippen molar-refractivity contribution >= 4 is 34.3 Å². The molecule has 5 heteroatoms. The summed E-state index contributed by atoms with van der Waals surface area (Å²) >= 11 is 7.60. The minimum absolute atomic E-state index is 0.703. The number of aryl methyl sites for hydroxylation is 1. The van der Waals surface area contributed by atoms with Crippen LogP contribution in [0.2, 0.25) is 5.02 Å². The Balaban J connectivity index is 2.09. The topological polar surface area (TPSA) is 30.7 Å². The first-order valence-corrected chi connectivity index (χ1v) is 6.63. The highest BCUT2D eigenvalue weighted by Gasteiger charge is 2.07. The van der Waals surface area contributed by atoms with Crippen molar-refractivity contribution in [1.82, 2.24) is 14.5 Å². The van der Waals surface area contributed by atoms with E-state index in [1.54, 1.807) is 24.2 Å². The molecule has 0 spiro atoms. The SMILES string of the molecule is Cn1ccnc1Sc1ccnc2cc(Cl)ccc12. The molecule has 0 bridgehead atoms. The molecule has 0 unspecified atom stereocenters. The molecular weight excluding hydrogens is 266 g/mol. The molecule has 0 amide bonds. The van der Waals surface area contributed by atoms with Gasteiger partial charge in [-0.2, -0.15) is 0 Å². The van der Waals surface area contributed by atoms with Crippen LogP contribution in [0.25, 0.3) is 10.9 Å². The van der Waals surface area contributed by atoms with E-state index in [1.165, 1.54) is 0 Å². The number of halogens is 1. The predicted octanol–water partition coefficient (Wildman–Crippen LogP) is 3.77. The number of hydrogen-bond donors (Lipinski definition) is 0. The highest BCUT2D eigenvalue weighted by molar-refractivity contribution is 7.99. The molecule has 90 valence electrons. The predicted molar refractivity (Wildman–Crippen MR) is 74.1 cm³/mol. The van der Waals surface area contributed by atoms with Crippen molar-refractivity contribution in [2.45, 2.75) is 10.1 Å². The molecule has 1 aromatic carbocycles. The van der Waals surface area contributed by atoms with Crippen molar-refractivity contribution in [1.29, 1.82) is 0 Å². The molecule has 18 heavy (non-hydrogen) atoms. The van der Waals surface area contributed by atoms with Crippen LogP contribution in [0.4, 0.5) is 0 Å². The number of nitrogens with zero attached hydrogens (tertiary/aromatic N) is 3. The second-order valence-electron chi connectivity index (χ2n) is 3.89. The van der Waals surface area contributed by atoms with Crippen molar-refractivity contribution in [2.75, 3.05) is 0 Å². The number of imidazole rings is 1. The van der Waals surface area contributed by atoms with Gasteiger partial charge in [-0.05, 0) is 18.2 Å². The van der Waals surface area contributed by atoms with Crippen molar-refractivity contribution in [2.24, 2.45) is 7.05 Å². The number of hydrogen-bond acceptors (Lipinski definition) is 3. The summed E-state index contributed by atoms with van der Waals surface area (Å²) in [5.41, 5.74) is 0.904. The van der Waals surface area contributed by atoms with Crippen LogP contribution in [0.15, 0.2) is 52.9 Å². The van der Waals surface area contributed by atoms with Crippen LogP contribution in [0.5, 0.6) is 0 Å². The molecule has 2 aromatic heterocycles. The van der Waals surface area contributed by atoms with E-state index in [9.17, 15) is 0 Å². The number of pyridine rings is 1. The van der Waals surface area contributed by atoms with Gasteiger partial charge in [0.05, 0.1) is 5.52 Å². The molecule has 0 radical (unpaired) electrons. The third-order valence-electron chi connectivity index (χ3n) is 2.64. The van der Waals surface area contributed by atoms with Crippen LogP contribution >= 0.6 is 23.4 Å². The second-order valence-corrected chi connectivity index (χ2v) is 5.34. The first-order chi connectivity index (χ1) is 8.74. The molecule has 0 saturated heterocycles. The molecule has 0 aliphatic rings. The maximum absolute atomic E-state index is 5.98. The average Bonchev–Trinajstić information content (AvgIpc) is 2.75. The third kappa shape index (κ3) is 2.09. The van der Waals surface area contributed by atoms with Crippen LogP contribution in [0.3, 0.4) is 0 Å². The molecule has 3 aromatic rings. The highest BCUT2D eigenvalue weighted by Crippen LogP contribution is 2.32. The van der Waals surface area contributed by atoms with Gasteiger partial charge in [-0.3, -0.25) is 4.98 Å². The van der Waals surface area contributed by atoms with E-state index in [4.69, 9.17) is 11.6 Å². The fourth-order valence-electron chi connectivity index (χ4n) is 1.73. The van der Waals surface area contributed by atoms with Crippen molar-refractivity contribution in [3.63, 3.8) is 0 Å².